The van der Waals surface area contributed by atoms with Gasteiger partial charge in [-0.05, 0) is 60.3 Å². The summed E-state index contributed by atoms with van der Waals surface area (Å²) >= 11 is 1.35. The predicted molar refractivity (Wildman–Crippen MR) is 136 cm³/mol. The van der Waals surface area contributed by atoms with Crippen LogP contribution in [0.15, 0.2) is 101 Å². The number of guanidine groups is 1. The van der Waals surface area contributed by atoms with Gasteiger partial charge in [0.1, 0.15) is 0 Å². The third kappa shape index (κ3) is 6.42. The Morgan fingerprint density at radius 3 is 2.26 bits per heavy atom. The summed E-state index contributed by atoms with van der Waals surface area (Å²) in [6, 6.07) is 24.6. The minimum atomic E-state index is -4.39. The molecule has 35 heavy (non-hydrogen) atoms. The summed E-state index contributed by atoms with van der Waals surface area (Å²) in [6.07, 6.45) is -2.68. The van der Waals surface area contributed by atoms with Gasteiger partial charge in [-0.25, -0.2) is 4.99 Å². The Kier molecular flexibility index (Phi) is 7.41. The van der Waals surface area contributed by atoms with Crippen LogP contribution in [0.5, 0.6) is 0 Å². The number of aliphatic imine (C=N–C) groups is 1. The summed E-state index contributed by atoms with van der Waals surface area (Å²) in [4.78, 5) is 10.0. The van der Waals surface area contributed by atoms with E-state index >= 15 is 0 Å². The number of alkyl halides is 3. The molecule has 0 saturated heterocycles. The van der Waals surface area contributed by atoms with Crippen LogP contribution in [0, 0.1) is 6.92 Å². The fraction of sp³-hybridized carbons (Fsp3) is 0.111. The molecule has 0 aliphatic heterocycles. The van der Waals surface area contributed by atoms with Crippen molar-refractivity contribution in [3.63, 3.8) is 0 Å². The minimum Gasteiger partial charge on any atom is -0.369 e. The molecule has 0 aliphatic rings. The Hall–Kier alpha value is -3.78. The Bertz CT molecular complexity index is 1300. The van der Waals surface area contributed by atoms with Crippen molar-refractivity contribution in [1.29, 1.82) is 0 Å². The predicted octanol–water partition coefficient (Wildman–Crippen LogP) is 6.85. The highest BCUT2D eigenvalue weighted by Crippen LogP contribution is 2.34. The normalized spacial score (nSPS) is 11.9. The minimum absolute atomic E-state index is 0.262. The smallest absolute Gasteiger partial charge is 0.369 e. The molecule has 0 atom stereocenters. The van der Waals surface area contributed by atoms with E-state index < -0.39 is 11.7 Å². The molecule has 0 aliphatic carbocycles. The van der Waals surface area contributed by atoms with Crippen molar-refractivity contribution in [1.82, 2.24) is 9.71 Å². The van der Waals surface area contributed by atoms with Crippen molar-refractivity contribution < 1.29 is 13.2 Å². The van der Waals surface area contributed by atoms with E-state index in [1.807, 2.05) is 67.6 Å². The van der Waals surface area contributed by atoms with Crippen LogP contribution in [0.3, 0.4) is 0 Å². The molecule has 4 rings (SSSR count). The highest BCUT2D eigenvalue weighted by Gasteiger charge is 2.30. The molecule has 1 aromatic heterocycles. The first-order chi connectivity index (χ1) is 16.8. The number of aryl methyl sites for hydroxylation is 1. The fourth-order valence-electron chi connectivity index (χ4n) is 3.40. The van der Waals surface area contributed by atoms with Crippen molar-refractivity contribution in [2.75, 3.05) is 0 Å². The molecule has 0 saturated carbocycles. The molecule has 4 aromatic rings. The molecule has 3 aromatic carbocycles. The Balaban J connectivity index is 1.61. The summed E-state index contributed by atoms with van der Waals surface area (Å²) in [5.74, 6) is 0.262. The molecule has 0 amide bonds. The van der Waals surface area contributed by atoms with Gasteiger partial charge in [0.25, 0.3) is 0 Å². The monoisotopic (exact) mass is 492 g/mol. The van der Waals surface area contributed by atoms with Crippen molar-refractivity contribution in [2.45, 2.75) is 24.5 Å². The molecule has 3 N–H and O–H groups in total. The van der Waals surface area contributed by atoms with Crippen LogP contribution in [0.1, 0.15) is 16.7 Å². The van der Waals surface area contributed by atoms with Gasteiger partial charge in [0, 0.05) is 22.2 Å². The van der Waals surface area contributed by atoms with Crippen LogP contribution in [0.2, 0.25) is 0 Å². The van der Waals surface area contributed by atoms with E-state index in [0.29, 0.717) is 11.3 Å². The molecule has 1 heterocycles. The average molecular weight is 493 g/mol. The lowest BCUT2D eigenvalue weighted by molar-refractivity contribution is -0.137. The van der Waals surface area contributed by atoms with Crippen LogP contribution < -0.4 is 10.5 Å². The molecule has 0 unspecified atom stereocenters. The van der Waals surface area contributed by atoms with E-state index in [2.05, 4.69) is 14.7 Å². The second-order valence-electron chi connectivity index (χ2n) is 7.90. The first-order valence-corrected chi connectivity index (χ1v) is 11.6. The van der Waals surface area contributed by atoms with Gasteiger partial charge >= 0.3 is 6.18 Å². The maximum Gasteiger partial charge on any atom is 0.416 e. The molecule has 0 bridgehead atoms. The fourth-order valence-corrected chi connectivity index (χ4v) is 3.98. The first kappa shape index (κ1) is 24.3. The second kappa shape index (κ2) is 10.7. The van der Waals surface area contributed by atoms with Crippen LogP contribution in [0.25, 0.3) is 22.4 Å². The number of rotatable bonds is 6. The van der Waals surface area contributed by atoms with Gasteiger partial charge in [-0.1, -0.05) is 60.2 Å². The zero-order valence-electron chi connectivity index (χ0n) is 18.9. The SMILES string of the molecule is Cc1ccc(-c2ncc(CN=C(N)NSc3ccccc3)cc2-c2ccc(C(F)(F)F)cc2)cc1. The van der Waals surface area contributed by atoms with E-state index in [0.717, 1.165) is 39.3 Å². The molecular weight excluding hydrogens is 469 g/mol. The van der Waals surface area contributed by atoms with E-state index in [-0.39, 0.29) is 12.5 Å². The maximum atomic E-state index is 13.1. The summed E-state index contributed by atoms with van der Waals surface area (Å²) in [6.45, 7) is 2.26. The third-order valence-electron chi connectivity index (χ3n) is 5.24. The average Bonchev–Trinajstić information content (AvgIpc) is 2.87. The molecule has 0 radical (unpaired) electrons. The van der Waals surface area contributed by atoms with Gasteiger partial charge in [0.15, 0.2) is 5.96 Å². The third-order valence-corrected chi connectivity index (χ3v) is 6.06. The van der Waals surface area contributed by atoms with Crippen molar-refractivity contribution in [2.24, 2.45) is 10.7 Å². The maximum absolute atomic E-state index is 13.1. The number of aromatic nitrogens is 1. The van der Waals surface area contributed by atoms with E-state index in [9.17, 15) is 13.2 Å². The Morgan fingerprint density at radius 1 is 0.943 bits per heavy atom. The summed E-state index contributed by atoms with van der Waals surface area (Å²) in [5, 5.41) is 0. The van der Waals surface area contributed by atoms with Crippen molar-refractivity contribution in [3.05, 3.63) is 108 Å². The molecule has 0 spiro atoms. The lowest BCUT2D eigenvalue weighted by atomic mass is 9.96. The van der Waals surface area contributed by atoms with Gasteiger partial charge in [0.05, 0.1) is 17.8 Å². The van der Waals surface area contributed by atoms with Crippen LogP contribution in [-0.2, 0) is 12.7 Å². The molecule has 8 heteroatoms. The number of hydrogen-bond donors (Lipinski definition) is 2. The number of nitrogens with two attached hydrogens (primary N) is 1. The van der Waals surface area contributed by atoms with Crippen LogP contribution >= 0.6 is 11.9 Å². The zero-order chi connectivity index (χ0) is 24.8. The van der Waals surface area contributed by atoms with Gasteiger partial charge < -0.3 is 5.73 Å². The lowest BCUT2D eigenvalue weighted by Gasteiger charge is -2.13. The highest BCUT2D eigenvalue weighted by atomic mass is 32.2. The van der Waals surface area contributed by atoms with Gasteiger partial charge in [-0.15, -0.1) is 0 Å². The quantitative estimate of drug-likeness (QED) is 0.175. The van der Waals surface area contributed by atoms with Crippen LogP contribution in [-0.4, -0.2) is 10.9 Å². The molecular formula is C27H23F3N4S. The van der Waals surface area contributed by atoms with E-state index in [1.165, 1.54) is 24.1 Å². The summed E-state index contributed by atoms with van der Waals surface area (Å²) in [7, 11) is 0. The zero-order valence-corrected chi connectivity index (χ0v) is 19.7. The number of halogens is 3. The highest BCUT2D eigenvalue weighted by molar-refractivity contribution is 7.98. The number of nitrogens with zero attached hydrogens (tertiary/aromatic N) is 2. The first-order valence-electron chi connectivity index (χ1n) is 10.8. The van der Waals surface area contributed by atoms with E-state index in [1.54, 1.807) is 6.20 Å². The number of nitrogens with one attached hydrogen (secondary N) is 1. The number of hydrogen-bond acceptors (Lipinski definition) is 3. The number of benzene rings is 3. The van der Waals surface area contributed by atoms with E-state index in [4.69, 9.17) is 5.73 Å². The summed E-state index contributed by atoms with van der Waals surface area (Å²) < 4.78 is 42.2. The molecule has 0 fully saturated rings. The Labute approximate surface area is 206 Å². The van der Waals surface area contributed by atoms with Gasteiger partial charge in [-0.3, -0.25) is 9.71 Å². The second-order valence-corrected chi connectivity index (χ2v) is 8.78. The molecule has 4 nitrogen and oxygen atoms in total. The lowest BCUT2D eigenvalue weighted by Crippen LogP contribution is -2.25. The Morgan fingerprint density at radius 2 is 1.60 bits per heavy atom. The van der Waals surface area contributed by atoms with Crippen molar-refractivity contribution in [3.8, 4) is 22.4 Å². The van der Waals surface area contributed by atoms with Gasteiger partial charge in [0.2, 0.25) is 0 Å². The van der Waals surface area contributed by atoms with Gasteiger partial charge in [-0.2, -0.15) is 13.2 Å². The van der Waals surface area contributed by atoms with Crippen LogP contribution in [0.4, 0.5) is 13.2 Å². The van der Waals surface area contributed by atoms with Crippen molar-refractivity contribution >= 4 is 17.9 Å². The summed E-state index contributed by atoms with van der Waals surface area (Å²) in [5.41, 5.74) is 10.1. The standard InChI is InChI=1S/C27H23F3N4S/c1-18-7-9-21(10-8-18)25-24(20-11-13-22(14-12-20)27(28,29)30)15-19(16-32-25)17-33-26(31)34-35-23-5-3-2-4-6-23/h2-16H,17H2,1H3,(H3,31,33,34). The largest absolute Gasteiger partial charge is 0.416 e. The topological polar surface area (TPSA) is 63.3 Å². The number of pyridine rings is 1. The molecule has 178 valence electrons.